The van der Waals surface area contributed by atoms with Crippen LogP contribution in [0.4, 0.5) is 0 Å². The van der Waals surface area contributed by atoms with Crippen LogP contribution >= 0.6 is 0 Å². The number of carbonyl (C=O) groups is 3. The van der Waals surface area contributed by atoms with Gasteiger partial charge in [-0.3, -0.25) is 9.59 Å². The van der Waals surface area contributed by atoms with E-state index in [0.29, 0.717) is 19.6 Å². The molecular formula is C11H18N2O4. The Morgan fingerprint density at radius 2 is 2.00 bits per heavy atom. The van der Waals surface area contributed by atoms with Gasteiger partial charge in [-0.2, -0.15) is 0 Å². The summed E-state index contributed by atoms with van der Waals surface area (Å²) in [5, 5.41) is 8.83. The third-order valence-electron chi connectivity index (χ3n) is 2.95. The standard InChI is InChI=1S/C11H18N2O4/c1-3-4-5-12-6-7-13(8(2)11(16)17)10(15)9(12)14/h8H,3-7H2,1-2H3,(H,16,17)/t8-/m0/s1. The van der Waals surface area contributed by atoms with Crippen LogP contribution in [0, 0.1) is 0 Å². The molecule has 0 saturated carbocycles. The molecule has 0 spiro atoms. The van der Waals surface area contributed by atoms with E-state index in [0.717, 1.165) is 17.7 Å². The van der Waals surface area contributed by atoms with Gasteiger partial charge in [0.25, 0.3) is 0 Å². The van der Waals surface area contributed by atoms with Crippen LogP contribution in [0.1, 0.15) is 26.7 Å². The first-order chi connectivity index (χ1) is 7.99. The molecule has 0 aliphatic carbocycles. The molecule has 0 aromatic carbocycles. The summed E-state index contributed by atoms with van der Waals surface area (Å²) in [6.07, 6.45) is 1.81. The Morgan fingerprint density at radius 1 is 1.35 bits per heavy atom. The molecule has 1 heterocycles. The van der Waals surface area contributed by atoms with Gasteiger partial charge in [-0.15, -0.1) is 0 Å². The number of hydrogen-bond acceptors (Lipinski definition) is 3. The van der Waals surface area contributed by atoms with Crippen molar-refractivity contribution in [1.82, 2.24) is 9.80 Å². The van der Waals surface area contributed by atoms with Crippen molar-refractivity contribution in [3.63, 3.8) is 0 Å². The maximum absolute atomic E-state index is 11.7. The van der Waals surface area contributed by atoms with Gasteiger partial charge in [-0.1, -0.05) is 13.3 Å². The molecule has 0 radical (unpaired) electrons. The molecule has 0 aromatic rings. The van der Waals surface area contributed by atoms with Gasteiger partial charge in [0.05, 0.1) is 0 Å². The molecule has 6 heteroatoms. The predicted octanol–water partition coefficient (Wildman–Crippen LogP) is -0.0696. The first kappa shape index (κ1) is 13.5. The molecule has 1 rings (SSSR count). The van der Waals surface area contributed by atoms with E-state index in [9.17, 15) is 14.4 Å². The minimum absolute atomic E-state index is 0.293. The van der Waals surface area contributed by atoms with Gasteiger partial charge >= 0.3 is 17.8 Å². The maximum Gasteiger partial charge on any atom is 0.326 e. The molecular weight excluding hydrogens is 224 g/mol. The zero-order valence-electron chi connectivity index (χ0n) is 10.2. The average Bonchev–Trinajstić information content (AvgIpc) is 2.30. The lowest BCUT2D eigenvalue weighted by Gasteiger charge is -2.35. The van der Waals surface area contributed by atoms with E-state index in [2.05, 4.69) is 0 Å². The zero-order valence-corrected chi connectivity index (χ0v) is 10.2. The second-order valence-electron chi connectivity index (χ2n) is 4.16. The Morgan fingerprint density at radius 3 is 2.53 bits per heavy atom. The summed E-state index contributed by atoms with van der Waals surface area (Å²) < 4.78 is 0. The van der Waals surface area contributed by atoms with Gasteiger partial charge in [0.2, 0.25) is 0 Å². The first-order valence-corrected chi connectivity index (χ1v) is 5.81. The summed E-state index contributed by atoms with van der Waals surface area (Å²) in [5.74, 6) is -2.38. The monoisotopic (exact) mass is 242 g/mol. The number of hydrogen-bond donors (Lipinski definition) is 1. The lowest BCUT2D eigenvalue weighted by Crippen LogP contribution is -2.58. The molecule has 6 nitrogen and oxygen atoms in total. The molecule has 1 aliphatic rings. The summed E-state index contributed by atoms with van der Waals surface area (Å²) in [4.78, 5) is 36.8. The van der Waals surface area contributed by atoms with Crippen molar-refractivity contribution >= 4 is 17.8 Å². The largest absolute Gasteiger partial charge is 0.480 e. The molecule has 0 unspecified atom stereocenters. The van der Waals surface area contributed by atoms with Gasteiger partial charge in [0.1, 0.15) is 6.04 Å². The molecule has 1 saturated heterocycles. The molecule has 0 bridgehead atoms. The number of aliphatic carboxylic acids is 1. The van der Waals surface area contributed by atoms with Gasteiger partial charge in [-0.05, 0) is 13.3 Å². The highest BCUT2D eigenvalue weighted by Crippen LogP contribution is 2.10. The number of carboxylic acid groups (broad SMARTS) is 1. The second-order valence-corrected chi connectivity index (χ2v) is 4.16. The van der Waals surface area contributed by atoms with E-state index in [4.69, 9.17) is 5.11 Å². The molecule has 0 aromatic heterocycles. The number of unbranched alkanes of at least 4 members (excludes halogenated alkanes) is 1. The van der Waals surface area contributed by atoms with E-state index in [-0.39, 0.29) is 0 Å². The lowest BCUT2D eigenvalue weighted by molar-refractivity contribution is -0.161. The molecule has 17 heavy (non-hydrogen) atoms. The summed E-state index contributed by atoms with van der Waals surface area (Å²) in [5.41, 5.74) is 0. The van der Waals surface area contributed by atoms with Crippen molar-refractivity contribution in [2.24, 2.45) is 0 Å². The highest BCUT2D eigenvalue weighted by atomic mass is 16.4. The van der Waals surface area contributed by atoms with Crippen LogP contribution in [0.3, 0.4) is 0 Å². The van der Waals surface area contributed by atoms with Crippen molar-refractivity contribution < 1.29 is 19.5 Å². The number of carbonyl (C=O) groups excluding carboxylic acids is 2. The van der Waals surface area contributed by atoms with Crippen LogP contribution in [0.25, 0.3) is 0 Å². The smallest absolute Gasteiger partial charge is 0.326 e. The van der Waals surface area contributed by atoms with E-state index in [1.807, 2.05) is 6.92 Å². The fourth-order valence-corrected chi connectivity index (χ4v) is 1.75. The molecule has 1 atom stereocenters. The Balaban J connectivity index is 2.65. The predicted molar refractivity (Wildman–Crippen MR) is 60.3 cm³/mol. The van der Waals surface area contributed by atoms with Crippen molar-refractivity contribution in [1.29, 1.82) is 0 Å². The lowest BCUT2D eigenvalue weighted by atomic mass is 10.2. The maximum atomic E-state index is 11.7. The van der Waals surface area contributed by atoms with E-state index in [1.54, 1.807) is 0 Å². The number of piperazine rings is 1. The number of carboxylic acids is 1. The SMILES string of the molecule is CCCCN1CCN([C@@H](C)C(=O)O)C(=O)C1=O. The zero-order chi connectivity index (χ0) is 13.0. The van der Waals surface area contributed by atoms with Crippen molar-refractivity contribution in [3.8, 4) is 0 Å². The second kappa shape index (κ2) is 5.65. The van der Waals surface area contributed by atoms with Crippen LogP contribution in [-0.2, 0) is 14.4 Å². The quantitative estimate of drug-likeness (QED) is 0.684. The third-order valence-corrected chi connectivity index (χ3v) is 2.95. The summed E-state index contributed by atoms with van der Waals surface area (Å²) in [6.45, 7) is 4.70. The fraction of sp³-hybridized carbons (Fsp3) is 0.727. The van der Waals surface area contributed by atoms with Crippen molar-refractivity contribution in [2.75, 3.05) is 19.6 Å². The summed E-state index contributed by atoms with van der Waals surface area (Å²) in [7, 11) is 0. The van der Waals surface area contributed by atoms with E-state index >= 15 is 0 Å². The minimum Gasteiger partial charge on any atom is -0.480 e. The van der Waals surface area contributed by atoms with Gasteiger partial charge < -0.3 is 14.9 Å². The highest BCUT2D eigenvalue weighted by Gasteiger charge is 2.36. The molecule has 1 N–H and O–H groups in total. The molecule has 1 fully saturated rings. The Bertz CT molecular complexity index is 329. The molecule has 1 aliphatic heterocycles. The first-order valence-electron chi connectivity index (χ1n) is 5.81. The number of amides is 2. The highest BCUT2D eigenvalue weighted by molar-refractivity contribution is 6.35. The summed E-state index contributed by atoms with van der Waals surface area (Å²) >= 11 is 0. The number of nitrogens with zero attached hydrogens (tertiary/aromatic N) is 2. The van der Waals surface area contributed by atoms with E-state index < -0.39 is 23.8 Å². The Hall–Kier alpha value is -1.59. The topological polar surface area (TPSA) is 77.9 Å². The van der Waals surface area contributed by atoms with Crippen LogP contribution in [0.2, 0.25) is 0 Å². The third kappa shape index (κ3) is 2.95. The molecule has 2 amide bonds. The van der Waals surface area contributed by atoms with Crippen LogP contribution in [-0.4, -0.2) is 58.4 Å². The molecule has 96 valence electrons. The number of rotatable bonds is 5. The van der Waals surface area contributed by atoms with Gasteiger partial charge in [0, 0.05) is 19.6 Å². The Labute approximate surface area is 100 Å². The van der Waals surface area contributed by atoms with E-state index in [1.165, 1.54) is 11.8 Å². The van der Waals surface area contributed by atoms with Crippen LogP contribution < -0.4 is 0 Å². The van der Waals surface area contributed by atoms with Crippen LogP contribution in [0.15, 0.2) is 0 Å². The normalized spacial score (nSPS) is 18.5. The van der Waals surface area contributed by atoms with Gasteiger partial charge in [-0.25, -0.2) is 4.79 Å². The van der Waals surface area contributed by atoms with Crippen molar-refractivity contribution in [3.05, 3.63) is 0 Å². The summed E-state index contributed by atoms with van der Waals surface area (Å²) in [6, 6.07) is -0.945. The average molecular weight is 242 g/mol. The fourth-order valence-electron chi connectivity index (χ4n) is 1.75. The van der Waals surface area contributed by atoms with Gasteiger partial charge in [0.15, 0.2) is 0 Å². The van der Waals surface area contributed by atoms with Crippen molar-refractivity contribution in [2.45, 2.75) is 32.7 Å². The Kier molecular flexibility index (Phi) is 4.48. The van der Waals surface area contributed by atoms with Crippen LogP contribution in [0.5, 0.6) is 0 Å². The minimum atomic E-state index is -1.09.